The van der Waals surface area contributed by atoms with Gasteiger partial charge >= 0.3 is 0 Å². The molecule has 3 rings (SSSR count). The van der Waals surface area contributed by atoms with Crippen LogP contribution >= 0.6 is 0 Å². The minimum absolute atomic E-state index is 0.446. The van der Waals surface area contributed by atoms with Crippen LogP contribution in [0.5, 0.6) is 0 Å². The Morgan fingerprint density at radius 3 is 2.42 bits per heavy atom. The second-order valence-electron chi connectivity index (χ2n) is 6.10. The maximum absolute atomic E-state index is 10.5. The fraction of sp³-hybridized carbons (Fsp3) is 0.300. The van der Waals surface area contributed by atoms with Gasteiger partial charge in [0.05, 0.1) is 25.5 Å². The van der Waals surface area contributed by atoms with Crippen molar-refractivity contribution in [2.45, 2.75) is 32.5 Å². The highest BCUT2D eigenvalue weighted by molar-refractivity contribution is 5.15. The average Bonchev–Trinajstić information content (AvgIpc) is 3.20. The van der Waals surface area contributed by atoms with Gasteiger partial charge in [0, 0.05) is 6.54 Å². The van der Waals surface area contributed by atoms with Gasteiger partial charge in [0.1, 0.15) is 17.3 Å². The molecule has 4 nitrogen and oxygen atoms in total. The van der Waals surface area contributed by atoms with Gasteiger partial charge in [-0.25, -0.2) is 0 Å². The van der Waals surface area contributed by atoms with E-state index in [1.54, 1.807) is 6.26 Å². The molecule has 2 aromatic heterocycles. The molecule has 0 saturated heterocycles. The van der Waals surface area contributed by atoms with Crippen LogP contribution in [0, 0.1) is 6.92 Å². The summed E-state index contributed by atoms with van der Waals surface area (Å²) in [5, 5.41) is 10.5. The number of aliphatic hydroxyl groups is 1. The molecule has 1 N–H and O–H groups in total. The first-order valence-corrected chi connectivity index (χ1v) is 8.21. The third-order valence-electron chi connectivity index (χ3n) is 3.92. The molecule has 0 unspecified atom stereocenters. The largest absolute Gasteiger partial charge is 0.468 e. The van der Waals surface area contributed by atoms with E-state index in [0.29, 0.717) is 26.1 Å². The van der Waals surface area contributed by atoms with Crippen LogP contribution in [0.15, 0.2) is 69.7 Å². The van der Waals surface area contributed by atoms with Crippen molar-refractivity contribution < 1.29 is 13.9 Å². The van der Waals surface area contributed by atoms with Gasteiger partial charge in [0.25, 0.3) is 0 Å². The van der Waals surface area contributed by atoms with E-state index >= 15 is 0 Å². The zero-order valence-corrected chi connectivity index (χ0v) is 13.9. The van der Waals surface area contributed by atoms with Gasteiger partial charge in [-0.1, -0.05) is 30.3 Å². The number of hydrogen-bond donors (Lipinski definition) is 1. The van der Waals surface area contributed by atoms with Gasteiger partial charge < -0.3 is 13.9 Å². The summed E-state index contributed by atoms with van der Waals surface area (Å²) in [5.41, 5.74) is 1.14. The van der Waals surface area contributed by atoms with E-state index in [1.165, 1.54) is 0 Å². The smallest absolute Gasteiger partial charge is 0.118 e. The first kappa shape index (κ1) is 16.6. The number of benzene rings is 1. The summed E-state index contributed by atoms with van der Waals surface area (Å²) in [6.45, 7) is 3.76. The average molecular weight is 325 g/mol. The van der Waals surface area contributed by atoms with Crippen molar-refractivity contribution in [1.29, 1.82) is 0 Å². The predicted octanol–water partition coefficient (Wildman–Crippen LogP) is 3.79. The normalized spacial score (nSPS) is 12.6. The van der Waals surface area contributed by atoms with Crippen molar-refractivity contribution in [2.24, 2.45) is 0 Å². The van der Waals surface area contributed by atoms with Gasteiger partial charge in [-0.2, -0.15) is 0 Å². The fourth-order valence-corrected chi connectivity index (χ4v) is 2.85. The van der Waals surface area contributed by atoms with E-state index in [0.717, 1.165) is 22.8 Å². The Labute approximate surface area is 142 Å². The maximum atomic E-state index is 10.5. The van der Waals surface area contributed by atoms with Crippen molar-refractivity contribution in [3.05, 3.63) is 83.7 Å². The van der Waals surface area contributed by atoms with Crippen molar-refractivity contribution >= 4 is 0 Å². The Balaban J connectivity index is 1.64. The van der Waals surface area contributed by atoms with Gasteiger partial charge in [0.15, 0.2) is 0 Å². The SMILES string of the molecule is Cc1ccc(CN(Cc2ccco2)C[C@H](O)Cc2ccccc2)o1. The standard InChI is InChI=1S/C20H23NO3/c1-16-9-10-20(24-16)15-21(14-19-8-5-11-23-19)13-18(22)12-17-6-3-2-4-7-17/h2-11,18,22H,12-15H2,1H3/t18-/m1/s1. The summed E-state index contributed by atoms with van der Waals surface area (Å²) in [7, 11) is 0. The summed E-state index contributed by atoms with van der Waals surface area (Å²) >= 11 is 0. The molecule has 0 aliphatic rings. The highest BCUT2D eigenvalue weighted by atomic mass is 16.3. The molecular weight excluding hydrogens is 302 g/mol. The molecule has 0 radical (unpaired) electrons. The Bertz CT molecular complexity index is 718. The third-order valence-corrected chi connectivity index (χ3v) is 3.92. The number of aliphatic hydroxyl groups excluding tert-OH is 1. The maximum Gasteiger partial charge on any atom is 0.118 e. The topological polar surface area (TPSA) is 49.8 Å². The number of furan rings is 2. The third kappa shape index (κ3) is 4.85. The van der Waals surface area contributed by atoms with Crippen LogP contribution in [-0.4, -0.2) is 22.7 Å². The number of hydrogen-bond acceptors (Lipinski definition) is 4. The van der Waals surface area contributed by atoms with E-state index in [9.17, 15) is 5.11 Å². The van der Waals surface area contributed by atoms with Gasteiger partial charge in [0.2, 0.25) is 0 Å². The zero-order valence-electron chi connectivity index (χ0n) is 13.9. The van der Waals surface area contributed by atoms with Gasteiger partial charge in [-0.3, -0.25) is 4.90 Å². The molecule has 126 valence electrons. The van der Waals surface area contributed by atoms with Crippen molar-refractivity contribution in [3.63, 3.8) is 0 Å². The van der Waals surface area contributed by atoms with E-state index in [2.05, 4.69) is 4.90 Å². The molecule has 0 spiro atoms. The lowest BCUT2D eigenvalue weighted by molar-refractivity contribution is 0.0959. The Kier molecular flexibility index (Phi) is 5.51. The van der Waals surface area contributed by atoms with Crippen LogP contribution in [-0.2, 0) is 19.5 Å². The first-order chi connectivity index (χ1) is 11.7. The molecule has 0 fully saturated rings. The van der Waals surface area contributed by atoms with E-state index < -0.39 is 6.10 Å². The summed E-state index contributed by atoms with van der Waals surface area (Å²) in [4.78, 5) is 2.14. The second-order valence-corrected chi connectivity index (χ2v) is 6.10. The van der Waals surface area contributed by atoms with Crippen LogP contribution in [0.2, 0.25) is 0 Å². The minimum atomic E-state index is -0.446. The summed E-state index contributed by atoms with van der Waals surface area (Å²) in [6.07, 6.45) is 1.86. The molecule has 4 heteroatoms. The fourth-order valence-electron chi connectivity index (χ4n) is 2.85. The Morgan fingerprint density at radius 2 is 1.75 bits per heavy atom. The lowest BCUT2D eigenvalue weighted by Crippen LogP contribution is -2.32. The molecule has 0 aliphatic heterocycles. The quantitative estimate of drug-likeness (QED) is 0.684. The first-order valence-electron chi connectivity index (χ1n) is 8.21. The summed E-state index contributed by atoms with van der Waals surface area (Å²) in [5.74, 6) is 2.67. The Hall–Kier alpha value is -2.30. The summed E-state index contributed by atoms with van der Waals surface area (Å²) < 4.78 is 11.1. The number of rotatable bonds is 8. The molecule has 0 bridgehead atoms. The Morgan fingerprint density at radius 1 is 0.958 bits per heavy atom. The lowest BCUT2D eigenvalue weighted by Gasteiger charge is -2.23. The molecular formula is C20H23NO3. The van der Waals surface area contributed by atoms with E-state index in [1.807, 2.05) is 61.5 Å². The molecule has 1 aromatic carbocycles. The molecule has 0 aliphatic carbocycles. The molecule has 24 heavy (non-hydrogen) atoms. The highest BCUT2D eigenvalue weighted by Crippen LogP contribution is 2.14. The highest BCUT2D eigenvalue weighted by Gasteiger charge is 2.16. The molecule has 0 amide bonds. The van der Waals surface area contributed by atoms with Gasteiger partial charge in [-0.05, 0) is 43.2 Å². The van der Waals surface area contributed by atoms with E-state index in [4.69, 9.17) is 8.83 Å². The van der Waals surface area contributed by atoms with Gasteiger partial charge in [-0.15, -0.1) is 0 Å². The molecule has 0 saturated carbocycles. The van der Waals surface area contributed by atoms with Crippen molar-refractivity contribution in [3.8, 4) is 0 Å². The minimum Gasteiger partial charge on any atom is -0.468 e. The zero-order chi connectivity index (χ0) is 16.8. The molecule has 3 aromatic rings. The molecule has 2 heterocycles. The number of nitrogens with zero attached hydrogens (tertiary/aromatic N) is 1. The van der Waals surface area contributed by atoms with Crippen LogP contribution in [0.3, 0.4) is 0 Å². The predicted molar refractivity (Wildman–Crippen MR) is 92.4 cm³/mol. The second kappa shape index (κ2) is 7.99. The van der Waals surface area contributed by atoms with Crippen LogP contribution in [0.1, 0.15) is 22.8 Å². The van der Waals surface area contributed by atoms with Crippen LogP contribution in [0.25, 0.3) is 0 Å². The molecule has 1 atom stereocenters. The van der Waals surface area contributed by atoms with E-state index in [-0.39, 0.29) is 0 Å². The van der Waals surface area contributed by atoms with Crippen LogP contribution in [0.4, 0.5) is 0 Å². The monoisotopic (exact) mass is 325 g/mol. The lowest BCUT2D eigenvalue weighted by atomic mass is 10.1. The van der Waals surface area contributed by atoms with Crippen LogP contribution < -0.4 is 0 Å². The van der Waals surface area contributed by atoms with Crippen molar-refractivity contribution in [1.82, 2.24) is 4.90 Å². The van der Waals surface area contributed by atoms with Crippen molar-refractivity contribution in [2.75, 3.05) is 6.54 Å². The number of aryl methyl sites for hydroxylation is 1. The summed E-state index contributed by atoms with van der Waals surface area (Å²) in [6, 6.07) is 17.8.